The van der Waals surface area contributed by atoms with Crippen LogP contribution in [-0.2, 0) is 11.3 Å². The molecule has 4 nitrogen and oxygen atoms in total. The van der Waals surface area contributed by atoms with Gasteiger partial charge in [0.25, 0.3) is 5.91 Å². The van der Waals surface area contributed by atoms with Crippen molar-refractivity contribution in [1.82, 2.24) is 10.2 Å². The maximum absolute atomic E-state index is 13.2. The Kier molecular flexibility index (Phi) is 8.37. The van der Waals surface area contributed by atoms with E-state index >= 15 is 0 Å². The molecule has 2 aromatic rings. The highest BCUT2D eigenvalue weighted by Gasteiger charge is 2.22. The zero-order valence-electron chi connectivity index (χ0n) is 21.6. The third-order valence-corrected chi connectivity index (χ3v) is 7.42. The number of nitrogens with zero attached hydrogens (tertiary/aromatic N) is 2. The first-order valence-electron chi connectivity index (χ1n) is 12.8. The fourth-order valence-electron chi connectivity index (χ4n) is 4.86. The number of halogens is 1. The SMILES string of the molecule is C=C1C=C(C)C=CN1/C(C(=O)NCc1ccc(N2CCC(c3ccc(Cl)cc3)CC2)cc1)=C(\C)CC. The van der Waals surface area contributed by atoms with E-state index in [2.05, 4.69) is 60.1 Å². The fraction of sp³-hybridized carbons (Fsp3) is 0.323. The lowest BCUT2D eigenvalue weighted by Crippen LogP contribution is -2.33. The van der Waals surface area contributed by atoms with Crippen LogP contribution < -0.4 is 10.2 Å². The smallest absolute Gasteiger partial charge is 0.268 e. The molecule has 1 amide bonds. The molecule has 1 fully saturated rings. The van der Waals surface area contributed by atoms with Gasteiger partial charge in [0.15, 0.2) is 0 Å². The van der Waals surface area contributed by atoms with Crippen LogP contribution in [0.1, 0.15) is 57.1 Å². The van der Waals surface area contributed by atoms with Crippen LogP contribution in [0.5, 0.6) is 0 Å². The number of carbonyl (C=O) groups excluding carboxylic acids is 1. The number of piperidine rings is 1. The van der Waals surface area contributed by atoms with Crippen LogP contribution in [0.25, 0.3) is 0 Å². The third-order valence-electron chi connectivity index (χ3n) is 7.17. The average molecular weight is 502 g/mol. The second kappa shape index (κ2) is 11.7. The van der Waals surface area contributed by atoms with Crippen LogP contribution in [0.15, 0.2) is 96.0 Å². The fourth-order valence-corrected chi connectivity index (χ4v) is 4.99. The van der Waals surface area contributed by atoms with Crippen LogP contribution in [-0.4, -0.2) is 23.9 Å². The molecular weight excluding hydrogens is 466 g/mol. The second-order valence-corrected chi connectivity index (χ2v) is 10.1. The van der Waals surface area contributed by atoms with Crippen molar-refractivity contribution in [2.45, 2.75) is 52.5 Å². The number of carbonyl (C=O) groups is 1. The molecule has 0 aromatic heterocycles. The highest BCUT2D eigenvalue weighted by atomic mass is 35.5. The summed E-state index contributed by atoms with van der Waals surface area (Å²) in [4.78, 5) is 17.5. The van der Waals surface area contributed by atoms with E-state index in [0.717, 1.165) is 59.8 Å². The minimum Gasteiger partial charge on any atom is -0.371 e. The standard InChI is InChI=1S/C31H36ClN3O/c1-5-23(3)30(35-19-14-22(2)20-24(35)4)31(36)33-21-25-6-12-29(13-7-25)34-17-15-27(16-18-34)26-8-10-28(32)11-9-26/h6-14,19-20,27H,4-5,15-18,21H2,1-3H3,(H,33,36)/b30-23+. The lowest BCUT2D eigenvalue weighted by Gasteiger charge is -2.34. The van der Waals surface area contributed by atoms with Crippen molar-refractivity contribution in [2.75, 3.05) is 18.0 Å². The molecule has 1 N–H and O–H groups in total. The Morgan fingerprint density at radius 1 is 1.08 bits per heavy atom. The molecule has 5 heteroatoms. The molecule has 4 rings (SSSR count). The average Bonchev–Trinajstić information content (AvgIpc) is 2.89. The Morgan fingerprint density at radius 3 is 2.36 bits per heavy atom. The van der Waals surface area contributed by atoms with Crippen LogP contribution in [0.2, 0.25) is 5.02 Å². The number of hydrogen-bond donors (Lipinski definition) is 1. The van der Waals surface area contributed by atoms with Crippen molar-refractivity contribution in [3.8, 4) is 0 Å². The number of amides is 1. The number of hydrogen-bond acceptors (Lipinski definition) is 3. The molecule has 0 unspecified atom stereocenters. The van der Waals surface area contributed by atoms with Crippen molar-refractivity contribution in [1.29, 1.82) is 0 Å². The molecule has 0 saturated carbocycles. The molecule has 0 bridgehead atoms. The van der Waals surface area contributed by atoms with Gasteiger partial charge in [-0.25, -0.2) is 0 Å². The van der Waals surface area contributed by atoms with Gasteiger partial charge in [-0.05, 0) is 97.7 Å². The Labute approximate surface area is 220 Å². The number of anilines is 1. The van der Waals surface area contributed by atoms with Crippen LogP contribution in [0.4, 0.5) is 5.69 Å². The molecular formula is C31H36ClN3O. The lowest BCUT2D eigenvalue weighted by atomic mass is 9.89. The molecule has 0 spiro atoms. The minimum atomic E-state index is -0.0820. The first kappa shape index (κ1) is 25.8. The van der Waals surface area contributed by atoms with E-state index in [9.17, 15) is 4.79 Å². The summed E-state index contributed by atoms with van der Waals surface area (Å²) in [6, 6.07) is 16.8. The zero-order chi connectivity index (χ0) is 25.7. The van der Waals surface area contributed by atoms with Gasteiger partial charge in [0.2, 0.25) is 0 Å². The number of benzene rings is 2. The van der Waals surface area contributed by atoms with Crippen LogP contribution in [0, 0.1) is 0 Å². The summed E-state index contributed by atoms with van der Waals surface area (Å²) >= 11 is 6.04. The first-order valence-corrected chi connectivity index (χ1v) is 13.2. The van der Waals surface area contributed by atoms with Gasteiger partial charge in [0, 0.05) is 42.2 Å². The number of nitrogens with one attached hydrogen (secondary N) is 1. The Morgan fingerprint density at radius 2 is 1.75 bits per heavy atom. The summed E-state index contributed by atoms with van der Waals surface area (Å²) in [5.41, 5.74) is 7.31. The molecule has 2 heterocycles. The summed E-state index contributed by atoms with van der Waals surface area (Å²) < 4.78 is 0. The maximum atomic E-state index is 13.2. The van der Waals surface area contributed by atoms with E-state index in [1.807, 2.05) is 49.2 Å². The normalized spacial score (nSPS) is 17.1. The van der Waals surface area contributed by atoms with Crippen molar-refractivity contribution >= 4 is 23.2 Å². The Bertz CT molecular complexity index is 1180. The van der Waals surface area contributed by atoms with E-state index < -0.39 is 0 Å². The molecule has 188 valence electrons. The molecule has 36 heavy (non-hydrogen) atoms. The quantitative estimate of drug-likeness (QED) is 0.404. The number of allylic oxidation sites excluding steroid dienone is 4. The predicted molar refractivity (Wildman–Crippen MR) is 151 cm³/mol. The molecule has 2 aromatic carbocycles. The maximum Gasteiger partial charge on any atom is 0.268 e. The predicted octanol–water partition coefficient (Wildman–Crippen LogP) is 7.31. The van der Waals surface area contributed by atoms with Crippen molar-refractivity contribution < 1.29 is 4.79 Å². The van der Waals surface area contributed by atoms with Crippen molar-refractivity contribution in [2.24, 2.45) is 0 Å². The topological polar surface area (TPSA) is 35.6 Å². The van der Waals surface area contributed by atoms with E-state index in [4.69, 9.17) is 11.6 Å². The molecule has 0 aliphatic carbocycles. The molecule has 0 atom stereocenters. The Balaban J connectivity index is 1.34. The third kappa shape index (κ3) is 6.11. The van der Waals surface area contributed by atoms with Gasteiger partial charge in [-0.15, -0.1) is 0 Å². The summed E-state index contributed by atoms with van der Waals surface area (Å²) in [6.45, 7) is 12.8. The second-order valence-electron chi connectivity index (χ2n) is 9.71. The van der Waals surface area contributed by atoms with Crippen LogP contribution >= 0.6 is 11.6 Å². The number of rotatable bonds is 7. The highest BCUT2D eigenvalue weighted by Crippen LogP contribution is 2.31. The molecule has 2 aliphatic rings. The van der Waals surface area contributed by atoms with E-state index in [1.54, 1.807) is 0 Å². The summed E-state index contributed by atoms with van der Waals surface area (Å²) in [5, 5.41) is 3.91. The molecule has 2 aliphatic heterocycles. The van der Waals surface area contributed by atoms with Crippen LogP contribution in [0.3, 0.4) is 0 Å². The van der Waals surface area contributed by atoms with Gasteiger partial charge in [0.1, 0.15) is 5.70 Å². The van der Waals surface area contributed by atoms with E-state index in [1.165, 1.54) is 11.3 Å². The summed E-state index contributed by atoms with van der Waals surface area (Å²) in [7, 11) is 0. The minimum absolute atomic E-state index is 0.0820. The summed E-state index contributed by atoms with van der Waals surface area (Å²) in [6.07, 6.45) is 8.99. The van der Waals surface area contributed by atoms with Crippen molar-refractivity contribution in [3.05, 3.63) is 112 Å². The summed E-state index contributed by atoms with van der Waals surface area (Å²) in [5.74, 6) is 0.508. The molecule has 1 saturated heterocycles. The zero-order valence-corrected chi connectivity index (χ0v) is 22.3. The van der Waals surface area contributed by atoms with E-state index in [0.29, 0.717) is 18.2 Å². The first-order chi connectivity index (χ1) is 17.4. The monoisotopic (exact) mass is 501 g/mol. The molecule has 0 radical (unpaired) electrons. The van der Waals surface area contributed by atoms with E-state index in [-0.39, 0.29) is 5.91 Å². The van der Waals surface area contributed by atoms with Gasteiger partial charge in [-0.2, -0.15) is 0 Å². The van der Waals surface area contributed by atoms with Gasteiger partial charge in [-0.1, -0.05) is 49.4 Å². The van der Waals surface area contributed by atoms with Gasteiger partial charge >= 0.3 is 0 Å². The highest BCUT2D eigenvalue weighted by molar-refractivity contribution is 6.30. The lowest BCUT2D eigenvalue weighted by molar-refractivity contribution is -0.118. The van der Waals surface area contributed by atoms with Gasteiger partial charge in [0.05, 0.1) is 0 Å². The Hall–Kier alpha value is -3.24. The van der Waals surface area contributed by atoms with Gasteiger partial charge in [-0.3, -0.25) is 4.79 Å². The largest absolute Gasteiger partial charge is 0.371 e. The van der Waals surface area contributed by atoms with Crippen molar-refractivity contribution in [3.63, 3.8) is 0 Å². The van der Waals surface area contributed by atoms with Gasteiger partial charge < -0.3 is 15.1 Å².